The largest absolute Gasteiger partial charge is 0.494 e. The molecule has 2 N–H and O–H groups in total. The lowest BCUT2D eigenvalue weighted by Crippen LogP contribution is -2.32. The highest BCUT2D eigenvalue weighted by Crippen LogP contribution is 2.27. The minimum Gasteiger partial charge on any atom is -0.494 e. The predicted molar refractivity (Wildman–Crippen MR) is 108 cm³/mol. The molecule has 0 aliphatic rings. The highest BCUT2D eigenvalue weighted by Gasteiger charge is 2.20. The van der Waals surface area contributed by atoms with E-state index >= 15 is 0 Å². The first-order valence-corrected chi connectivity index (χ1v) is 10.6. The van der Waals surface area contributed by atoms with Crippen LogP contribution >= 0.6 is 0 Å². The Balaban J connectivity index is 2.24. The molecule has 1 amide bonds. The monoisotopic (exact) mass is 390 g/mol. The lowest BCUT2D eigenvalue weighted by molar-refractivity contribution is -0.116. The van der Waals surface area contributed by atoms with Crippen molar-refractivity contribution >= 4 is 27.1 Å². The molecule has 6 nitrogen and oxygen atoms in total. The number of amides is 1. The van der Waals surface area contributed by atoms with Gasteiger partial charge in [-0.1, -0.05) is 18.2 Å². The lowest BCUT2D eigenvalue weighted by Gasteiger charge is -2.19. The maximum Gasteiger partial charge on any atom is 0.246 e. The van der Waals surface area contributed by atoms with Crippen molar-refractivity contribution < 1.29 is 17.9 Å². The van der Waals surface area contributed by atoms with Crippen molar-refractivity contribution in [3.8, 4) is 5.75 Å². The van der Waals surface area contributed by atoms with Gasteiger partial charge in [0.15, 0.2) is 9.84 Å². The van der Waals surface area contributed by atoms with Crippen LogP contribution in [-0.4, -0.2) is 33.2 Å². The first-order valence-electron chi connectivity index (χ1n) is 8.74. The summed E-state index contributed by atoms with van der Waals surface area (Å²) in [4.78, 5) is 12.7. The summed E-state index contributed by atoms with van der Waals surface area (Å²) in [6.07, 6.45) is 1.13. The smallest absolute Gasteiger partial charge is 0.246 e. The quantitative estimate of drug-likeness (QED) is 0.755. The van der Waals surface area contributed by atoms with Crippen molar-refractivity contribution in [1.82, 2.24) is 0 Å². The van der Waals surface area contributed by atoms with Crippen molar-refractivity contribution in [2.75, 3.05) is 23.5 Å². The van der Waals surface area contributed by atoms with Crippen LogP contribution in [0.1, 0.15) is 25.0 Å². The molecule has 0 saturated heterocycles. The van der Waals surface area contributed by atoms with E-state index < -0.39 is 15.9 Å². The van der Waals surface area contributed by atoms with E-state index in [2.05, 4.69) is 10.6 Å². The molecule has 0 heterocycles. The van der Waals surface area contributed by atoms with Gasteiger partial charge in [0.25, 0.3) is 0 Å². The number of hydrogen-bond donors (Lipinski definition) is 2. The number of carbonyl (C=O) groups is 1. The summed E-state index contributed by atoms with van der Waals surface area (Å²) in [5, 5.41) is 5.91. The SMILES string of the molecule is CCOc1ccc(NC(C)C(=O)Nc2c(C)cccc2C)c(S(C)(=O)=O)c1. The fraction of sp³-hybridized carbons (Fsp3) is 0.350. The third-order valence-corrected chi connectivity index (χ3v) is 5.29. The minimum absolute atomic E-state index is 0.0974. The Hall–Kier alpha value is -2.54. The van der Waals surface area contributed by atoms with Crippen LogP contribution in [0.15, 0.2) is 41.3 Å². The number of benzene rings is 2. The molecule has 0 fully saturated rings. The average Bonchev–Trinajstić information content (AvgIpc) is 2.58. The Kier molecular flexibility index (Phi) is 6.49. The Labute approximate surface area is 160 Å². The van der Waals surface area contributed by atoms with Crippen LogP contribution in [-0.2, 0) is 14.6 Å². The van der Waals surface area contributed by atoms with Gasteiger partial charge in [-0.3, -0.25) is 4.79 Å². The van der Waals surface area contributed by atoms with Crippen LogP contribution in [0.4, 0.5) is 11.4 Å². The van der Waals surface area contributed by atoms with Gasteiger partial charge in [0.1, 0.15) is 11.8 Å². The van der Waals surface area contributed by atoms with Crippen LogP contribution in [0.25, 0.3) is 0 Å². The maximum absolute atomic E-state index is 12.6. The predicted octanol–water partition coefficient (Wildman–Crippen LogP) is 3.54. The van der Waals surface area contributed by atoms with E-state index in [0.29, 0.717) is 18.0 Å². The molecule has 0 aliphatic heterocycles. The van der Waals surface area contributed by atoms with Gasteiger partial charge in [-0.2, -0.15) is 0 Å². The van der Waals surface area contributed by atoms with Gasteiger partial charge in [-0.25, -0.2) is 8.42 Å². The van der Waals surface area contributed by atoms with E-state index in [1.54, 1.807) is 19.1 Å². The normalized spacial score (nSPS) is 12.3. The van der Waals surface area contributed by atoms with Crippen LogP contribution < -0.4 is 15.4 Å². The van der Waals surface area contributed by atoms with E-state index in [1.165, 1.54) is 6.07 Å². The maximum atomic E-state index is 12.6. The van der Waals surface area contributed by atoms with Crippen molar-refractivity contribution in [2.45, 2.75) is 38.6 Å². The molecule has 1 atom stereocenters. The van der Waals surface area contributed by atoms with E-state index in [9.17, 15) is 13.2 Å². The molecule has 2 aromatic carbocycles. The summed E-state index contributed by atoms with van der Waals surface area (Å²) in [7, 11) is -3.49. The number of hydrogen-bond acceptors (Lipinski definition) is 5. The third-order valence-electron chi connectivity index (χ3n) is 4.16. The van der Waals surface area contributed by atoms with Gasteiger partial charge in [-0.05, 0) is 51.0 Å². The van der Waals surface area contributed by atoms with Gasteiger partial charge < -0.3 is 15.4 Å². The van der Waals surface area contributed by atoms with Crippen molar-refractivity contribution in [1.29, 1.82) is 0 Å². The number of carbonyl (C=O) groups excluding carboxylic acids is 1. The molecule has 1 unspecified atom stereocenters. The second-order valence-electron chi connectivity index (χ2n) is 6.49. The fourth-order valence-corrected chi connectivity index (χ4v) is 3.58. The van der Waals surface area contributed by atoms with E-state index in [4.69, 9.17) is 4.74 Å². The van der Waals surface area contributed by atoms with Crippen LogP contribution in [0.2, 0.25) is 0 Å². The first kappa shape index (κ1) is 20.8. The minimum atomic E-state index is -3.49. The number of aryl methyl sites for hydroxylation is 2. The molecular formula is C20H26N2O4S. The topological polar surface area (TPSA) is 84.5 Å². The Morgan fingerprint density at radius 2 is 1.78 bits per heavy atom. The molecule has 2 rings (SSSR count). The number of anilines is 2. The average molecular weight is 391 g/mol. The van der Waals surface area contributed by atoms with Gasteiger partial charge in [0.2, 0.25) is 5.91 Å². The van der Waals surface area contributed by atoms with E-state index in [-0.39, 0.29) is 10.8 Å². The van der Waals surface area contributed by atoms with Crippen LogP contribution in [0.5, 0.6) is 5.75 Å². The van der Waals surface area contributed by atoms with Gasteiger partial charge in [-0.15, -0.1) is 0 Å². The molecule has 2 aromatic rings. The molecule has 27 heavy (non-hydrogen) atoms. The number of para-hydroxylation sites is 1. The lowest BCUT2D eigenvalue weighted by atomic mass is 10.1. The summed E-state index contributed by atoms with van der Waals surface area (Å²) >= 11 is 0. The molecule has 7 heteroatoms. The molecule has 0 saturated carbocycles. The second-order valence-corrected chi connectivity index (χ2v) is 8.47. The molecule has 0 aliphatic carbocycles. The van der Waals surface area contributed by atoms with Gasteiger partial charge in [0, 0.05) is 18.0 Å². The first-order chi connectivity index (χ1) is 12.6. The zero-order valence-electron chi connectivity index (χ0n) is 16.3. The summed E-state index contributed by atoms with van der Waals surface area (Å²) in [6, 6.07) is 9.91. The number of ether oxygens (including phenoxy) is 1. The Bertz CT molecular complexity index is 919. The molecule has 0 radical (unpaired) electrons. The highest BCUT2D eigenvalue weighted by molar-refractivity contribution is 7.90. The molecule has 0 spiro atoms. The van der Waals surface area contributed by atoms with Gasteiger partial charge >= 0.3 is 0 Å². The summed E-state index contributed by atoms with van der Waals surface area (Å²) in [5.74, 6) is 0.219. The summed E-state index contributed by atoms with van der Waals surface area (Å²) in [6.45, 7) is 7.80. The zero-order chi connectivity index (χ0) is 20.2. The molecule has 0 bridgehead atoms. The zero-order valence-corrected chi connectivity index (χ0v) is 17.1. The number of sulfone groups is 1. The van der Waals surface area contributed by atoms with Crippen LogP contribution in [0, 0.1) is 13.8 Å². The Morgan fingerprint density at radius 3 is 2.33 bits per heavy atom. The van der Waals surface area contributed by atoms with Crippen molar-refractivity contribution in [2.24, 2.45) is 0 Å². The molecule has 146 valence electrons. The number of nitrogens with one attached hydrogen (secondary N) is 2. The summed E-state index contributed by atoms with van der Waals surface area (Å²) < 4.78 is 29.7. The van der Waals surface area contributed by atoms with E-state index in [1.807, 2.05) is 39.0 Å². The Morgan fingerprint density at radius 1 is 1.15 bits per heavy atom. The molecular weight excluding hydrogens is 364 g/mol. The number of rotatable bonds is 7. The highest BCUT2D eigenvalue weighted by atomic mass is 32.2. The van der Waals surface area contributed by atoms with Crippen molar-refractivity contribution in [3.05, 3.63) is 47.5 Å². The third kappa shape index (κ3) is 5.23. The molecule has 0 aromatic heterocycles. The van der Waals surface area contributed by atoms with Gasteiger partial charge in [0.05, 0.1) is 17.2 Å². The standard InChI is InChI=1S/C20H26N2O4S/c1-6-26-16-10-11-17(18(12-16)27(5,24)25)21-15(4)20(23)22-19-13(2)8-7-9-14(19)3/h7-12,15,21H,6H2,1-5H3,(H,22,23). The van der Waals surface area contributed by atoms with Crippen LogP contribution in [0.3, 0.4) is 0 Å². The van der Waals surface area contributed by atoms with E-state index in [0.717, 1.165) is 23.1 Å². The fourth-order valence-electron chi connectivity index (χ4n) is 2.73. The second kappa shape index (κ2) is 8.43. The summed E-state index contributed by atoms with van der Waals surface area (Å²) in [5.41, 5.74) is 3.07. The van der Waals surface area contributed by atoms with Crippen molar-refractivity contribution in [3.63, 3.8) is 0 Å².